The Labute approximate surface area is 236 Å². The van der Waals surface area contributed by atoms with Crippen LogP contribution in [0.25, 0.3) is 0 Å². The van der Waals surface area contributed by atoms with Gasteiger partial charge in [0.15, 0.2) is 0 Å². The van der Waals surface area contributed by atoms with Crippen LogP contribution in [0.15, 0.2) is 91.0 Å². The SMILES string of the molecule is CCO[C@@H](CO[C@H]1CCC[C@@H](OCc2ccccc2)C1)CO[Si](c1ccccc1)(c1ccccc1)C(C)(C)C. The quantitative estimate of drug-likeness (QED) is 0.229. The van der Waals surface area contributed by atoms with Gasteiger partial charge in [0.2, 0.25) is 0 Å². The average Bonchev–Trinajstić information content (AvgIpc) is 2.96. The fourth-order valence-electron chi connectivity index (χ4n) is 5.80. The second-order valence-corrected chi connectivity index (χ2v) is 15.9. The van der Waals surface area contributed by atoms with E-state index in [4.69, 9.17) is 18.6 Å². The lowest BCUT2D eigenvalue weighted by molar-refractivity contribution is -0.0892. The Morgan fingerprint density at radius 3 is 1.82 bits per heavy atom. The standard InChI is InChI=1S/C34H46O4Si/c1-5-35-31(26-37-30-19-15-18-29(24-30)36-25-28-16-9-6-10-17-28)27-38-39(34(2,3)4,32-20-11-7-12-21-32)33-22-13-8-14-23-33/h6-14,16-17,20-23,29-31H,5,15,18-19,24-27H2,1-4H3/t29-,30+,31+/m1/s1. The molecule has 0 N–H and O–H groups in total. The first-order valence-electron chi connectivity index (χ1n) is 14.6. The zero-order valence-corrected chi connectivity index (χ0v) is 25.2. The molecular weight excluding hydrogens is 500 g/mol. The third-order valence-corrected chi connectivity index (χ3v) is 12.7. The molecule has 0 aliphatic heterocycles. The van der Waals surface area contributed by atoms with Gasteiger partial charge in [0, 0.05) is 6.61 Å². The van der Waals surface area contributed by atoms with Crippen LogP contribution in [0.1, 0.15) is 58.9 Å². The van der Waals surface area contributed by atoms with E-state index in [1.54, 1.807) is 0 Å². The molecule has 4 rings (SSSR count). The Kier molecular flexibility index (Phi) is 10.9. The maximum atomic E-state index is 7.14. The minimum Gasteiger partial charge on any atom is -0.405 e. The van der Waals surface area contributed by atoms with Gasteiger partial charge in [-0.3, -0.25) is 0 Å². The highest BCUT2D eigenvalue weighted by molar-refractivity contribution is 6.99. The van der Waals surface area contributed by atoms with Gasteiger partial charge < -0.3 is 18.6 Å². The number of benzene rings is 3. The Balaban J connectivity index is 1.42. The molecule has 0 saturated heterocycles. The Morgan fingerprint density at radius 1 is 0.744 bits per heavy atom. The normalized spacial score (nSPS) is 19.1. The van der Waals surface area contributed by atoms with E-state index in [0.717, 1.165) is 25.7 Å². The molecule has 0 amide bonds. The molecule has 0 unspecified atom stereocenters. The highest BCUT2D eigenvalue weighted by Gasteiger charge is 2.50. The maximum absolute atomic E-state index is 7.14. The highest BCUT2D eigenvalue weighted by atomic mass is 28.4. The smallest absolute Gasteiger partial charge is 0.261 e. The number of rotatable bonds is 13. The predicted molar refractivity (Wildman–Crippen MR) is 162 cm³/mol. The molecule has 0 aromatic heterocycles. The largest absolute Gasteiger partial charge is 0.405 e. The Morgan fingerprint density at radius 2 is 1.28 bits per heavy atom. The van der Waals surface area contributed by atoms with Crippen molar-refractivity contribution >= 4 is 18.7 Å². The van der Waals surface area contributed by atoms with E-state index in [2.05, 4.69) is 106 Å². The highest BCUT2D eigenvalue weighted by Crippen LogP contribution is 2.37. The van der Waals surface area contributed by atoms with Crippen molar-refractivity contribution in [2.24, 2.45) is 0 Å². The van der Waals surface area contributed by atoms with Gasteiger partial charge in [0.05, 0.1) is 32.0 Å². The van der Waals surface area contributed by atoms with Crippen LogP contribution < -0.4 is 10.4 Å². The minimum atomic E-state index is -2.62. The average molecular weight is 547 g/mol. The minimum absolute atomic E-state index is 0.0694. The van der Waals surface area contributed by atoms with Crippen LogP contribution in [0.4, 0.5) is 0 Å². The molecule has 1 aliphatic carbocycles. The summed E-state index contributed by atoms with van der Waals surface area (Å²) in [4.78, 5) is 0. The third kappa shape index (κ3) is 7.89. The van der Waals surface area contributed by atoms with Gasteiger partial charge in [-0.2, -0.15) is 0 Å². The second kappa shape index (κ2) is 14.4. The maximum Gasteiger partial charge on any atom is 0.261 e. The van der Waals surface area contributed by atoms with Gasteiger partial charge in [0.1, 0.15) is 6.10 Å². The van der Waals surface area contributed by atoms with E-state index in [0.29, 0.717) is 26.4 Å². The topological polar surface area (TPSA) is 36.9 Å². The molecule has 0 bridgehead atoms. The summed E-state index contributed by atoms with van der Waals surface area (Å²) in [6.45, 7) is 11.3. The predicted octanol–water partition coefficient (Wildman–Crippen LogP) is 6.51. The lowest BCUT2D eigenvalue weighted by atomic mass is 9.95. The van der Waals surface area contributed by atoms with Gasteiger partial charge in [-0.25, -0.2) is 0 Å². The van der Waals surface area contributed by atoms with E-state index in [9.17, 15) is 0 Å². The molecule has 210 valence electrons. The molecule has 39 heavy (non-hydrogen) atoms. The zero-order valence-electron chi connectivity index (χ0n) is 24.2. The van der Waals surface area contributed by atoms with E-state index in [1.807, 2.05) is 13.0 Å². The van der Waals surface area contributed by atoms with Crippen LogP contribution in [-0.4, -0.2) is 46.4 Å². The van der Waals surface area contributed by atoms with Crippen molar-refractivity contribution in [1.29, 1.82) is 0 Å². The van der Waals surface area contributed by atoms with Crippen molar-refractivity contribution < 1.29 is 18.6 Å². The molecule has 5 heteroatoms. The summed E-state index contributed by atoms with van der Waals surface area (Å²) in [7, 11) is -2.62. The molecule has 3 aromatic carbocycles. The van der Waals surface area contributed by atoms with Gasteiger partial charge >= 0.3 is 0 Å². The van der Waals surface area contributed by atoms with Gasteiger partial charge in [-0.1, -0.05) is 112 Å². The van der Waals surface area contributed by atoms with Crippen molar-refractivity contribution in [3.8, 4) is 0 Å². The van der Waals surface area contributed by atoms with Crippen LogP contribution in [0.5, 0.6) is 0 Å². The first-order valence-corrected chi connectivity index (χ1v) is 16.5. The van der Waals surface area contributed by atoms with E-state index < -0.39 is 8.32 Å². The molecule has 0 heterocycles. The third-order valence-electron chi connectivity index (χ3n) is 7.73. The summed E-state index contributed by atoms with van der Waals surface area (Å²) in [5.41, 5.74) is 1.22. The van der Waals surface area contributed by atoms with Gasteiger partial charge in [-0.05, 0) is 53.6 Å². The number of hydrogen-bond acceptors (Lipinski definition) is 4. The molecule has 3 aromatic rings. The van der Waals surface area contributed by atoms with Crippen LogP contribution in [0.2, 0.25) is 5.04 Å². The van der Waals surface area contributed by atoms with E-state index in [1.165, 1.54) is 15.9 Å². The molecular formula is C34H46O4Si. The van der Waals surface area contributed by atoms with Crippen LogP contribution >= 0.6 is 0 Å². The summed E-state index contributed by atoms with van der Waals surface area (Å²) in [5.74, 6) is 0. The monoisotopic (exact) mass is 546 g/mol. The van der Waals surface area contributed by atoms with Crippen molar-refractivity contribution in [3.05, 3.63) is 96.6 Å². The summed E-state index contributed by atoms with van der Waals surface area (Å²) in [6.07, 6.45) is 4.53. The van der Waals surface area contributed by atoms with Gasteiger partial charge in [0.25, 0.3) is 8.32 Å². The molecule has 1 aliphatic rings. The Hall–Kier alpha value is -2.28. The fourth-order valence-corrected chi connectivity index (χ4v) is 10.4. The molecule has 0 radical (unpaired) electrons. The molecule has 1 fully saturated rings. The molecule has 4 nitrogen and oxygen atoms in total. The van der Waals surface area contributed by atoms with Crippen molar-refractivity contribution in [1.82, 2.24) is 0 Å². The van der Waals surface area contributed by atoms with Crippen molar-refractivity contribution in [2.75, 3.05) is 19.8 Å². The van der Waals surface area contributed by atoms with Gasteiger partial charge in [-0.15, -0.1) is 0 Å². The number of ether oxygens (including phenoxy) is 3. The first-order chi connectivity index (χ1) is 18.9. The molecule has 0 spiro atoms. The van der Waals surface area contributed by atoms with E-state index in [-0.39, 0.29) is 23.4 Å². The summed E-state index contributed by atoms with van der Waals surface area (Å²) in [5, 5.41) is 2.50. The second-order valence-electron chi connectivity index (χ2n) is 11.6. The summed E-state index contributed by atoms with van der Waals surface area (Å²) < 4.78 is 26.0. The van der Waals surface area contributed by atoms with Crippen LogP contribution in [0.3, 0.4) is 0 Å². The van der Waals surface area contributed by atoms with Crippen LogP contribution in [0, 0.1) is 0 Å². The zero-order chi connectivity index (χ0) is 27.6. The Bertz CT molecular complexity index is 1040. The fraction of sp³-hybridized carbons (Fsp3) is 0.471. The molecule has 1 saturated carbocycles. The van der Waals surface area contributed by atoms with Crippen LogP contribution in [-0.2, 0) is 25.2 Å². The summed E-state index contributed by atoms with van der Waals surface area (Å²) >= 11 is 0. The lowest BCUT2D eigenvalue weighted by Gasteiger charge is -2.43. The van der Waals surface area contributed by atoms with E-state index >= 15 is 0 Å². The van der Waals surface area contributed by atoms with Crippen molar-refractivity contribution in [2.45, 2.75) is 83.3 Å². The first kappa shape index (κ1) is 29.7. The lowest BCUT2D eigenvalue weighted by Crippen LogP contribution is -2.67. The molecule has 3 atom stereocenters. The summed E-state index contributed by atoms with van der Waals surface area (Å²) in [6, 6.07) is 32.0. The van der Waals surface area contributed by atoms with Crippen molar-refractivity contribution in [3.63, 3.8) is 0 Å². The number of hydrogen-bond donors (Lipinski definition) is 0.